The molecule has 0 bridgehead atoms. The molecule has 26 heavy (non-hydrogen) atoms. The zero-order valence-electron chi connectivity index (χ0n) is 16.7. The predicted molar refractivity (Wildman–Crippen MR) is 102 cm³/mol. The molecule has 0 aromatic heterocycles. The normalized spacial score (nSPS) is 25.1. The van der Waals surface area contributed by atoms with Crippen LogP contribution in [0.25, 0.3) is 0 Å². The predicted octanol–water partition coefficient (Wildman–Crippen LogP) is 3.42. The Bertz CT molecular complexity index is 647. The summed E-state index contributed by atoms with van der Waals surface area (Å²) in [4.78, 5) is 25.5. The van der Waals surface area contributed by atoms with E-state index in [-0.39, 0.29) is 18.4 Å². The van der Waals surface area contributed by atoms with Crippen LogP contribution < -0.4 is 0 Å². The van der Waals surface area contributed by atoms with Crippen molar-refractivity contribution in [3.63, 3.8) is 0 Å². The van der Waals surface area contributed by atoms with Gasteiger partial charge >= 0.3 is 0 Å². The molecular formula is C21H32O5. The molecule has 0 radical (unpaired) electrons. The Labute approximate surface area is 156 Å². The van der Waals surface area contributed by atoms with E-state index in [0.717, 1.165) is 11.1 Å². The van der Waals surface area contributed by atoms with Crippen LogP contribution in [-0.2, 0) is 9.59 Å². The summed E-state index contributed by atoms with van der Waals surface area (Å²) in [6.45, 7) is 10.9. The average molecular weight is 364 g/mol. The maximum atomic E-state index is 12.9. The van der Waals surface area contributed by atoms with Crippen LogP contribution in [0.15, 0.2) is 34.6 Å². The number of hydrogen-bond acceptors (Lipinski definition) is 5. The highest BCUT2D eigenvalue weighted by molar-refractivity contribution is 6.24. The van der Waals surface area contributed by atoms with Crippen molar-refractivity contribution in [2.75, 3.05) is 0 Å². The van der Waals surface area contributed by atoms with Gasteiger partial charge in [-0.2, -0.15) is 0 Å². The highest BCUT2D eigenvalue weighted by Gasteiger charge is 2.58. The Morgan fingerprint density at radius 2 is 1.73 bits per heavy atom. The van der Waals surface area contributed by atoms with E-state index in [4.69, 9.17) is 0 Å². The van der Waals surface area contributed by atoms with Gasteiger partial charge < -0.3 is 15.3 Å². The molecule has 4 atom stereocenters. The van der Waals surface area contributed by atoms with E-state index in [1.807, 2.05) is 34.6 Å². The summed E-state index contributed by atoms with van der Waals surface area (Å²) in [5.74, 6) is -3.29. The quantitative estimate of drug-likeness (QED) is 0.453. The second-order valence-corrected chi connectivity index (χ2v) is 7.69. The van der Waals surface area contributed by atoms with Crippen LogP contribution in [-0.4, -0.2) is 38.6 Å². The zero-order chi connectivity index (χ0) is 20.2. The summed E-state index contributed by atoms with van der Waals surface area (Å²) in [5.41, 5.74) is -0.629. The smallest absolute Gasteiger partial charge is 0.176 e. The van der Waals surface area contributed by atoms with Crippen molar-refractivity contribution in [1.29, 1.82) is 0 Å². The maximum Gasteiger partial charge on any atom is 0.176 e. The number of carbonyl (C=O) groups excluding carboxylic acids is 2. The Hall–Kier alpha value is -1.72. The Balaban J connectivity index is 3.43. The van der Waals surface area contributed by atoms with Crippen molar-refractivity contribution >= 4 is 11.6 Å². The average Bonchev–Trinajstić information content (AvgIpc) is 2.76. The first kappa shape index (κ1) is 22.3. The standard InChI is InChI=1S/C21H32O5/c1-7-14(6)18(23)17-19(24)15(10-8-12(2)3)21(26,20(17)25)16(22)11-9-13(4)5/h8-9,14-16,22,25-26H,7,10-11H2,1-6H3/t14?,15?,16?,21-/m0/s1. The van der Waals surface area contributed by atoms with E-state index in [2.05, 4.69) is 0 Å². The summed E-state index contributed by atoms with van der Waals surface area (Å²) >= 11 is 0. The van der Waals surface area contributed by atoms with Crippen LogP contribution in [0.2, 0.25) is 0 Å². The molecule has 0 saturated carbocycles. The summed E-state index contributed by atoms with van der Waals surface area (Å²) in [6, 6.07) is 0. The first-order valence-corrected chi connectivity index (χ1v) is 9.17. The Morgan fingerprint density at radius 1 is 1.19 bits per heavy atom. The fourth-order valence-corrected chi connectivity index (χ4v) is 3.08. The summed E-state index contributed by atoms with van der Waals surface area (Å²) in [6.07, 6.45) is 2.84. The van der Waals surface area contributed by atoms with Crippen molar-refractivity contribution in [2.24, 2.45) is 11.8 Å². The molecule has 0 spiro atoms. The minimum Gasteiger partial charge on any atom is -0.508 e. The van der Waals surface area contributed by atoms with Crippen molar-refractivity contribution in [3.8, 4) is 0 Å². The molecule has 5 nitrogen and oxygen atoms in total. The molecular weight excluding hydrogens is 332 g/mol. The third-order valence-electron chi connectivity index (χ3n) is 5.04. The number of ketones is 2. The first-order chi connectivity index (χ1) is 12.0. The number of hydrogen-bond donors (Lipinski definition) is 3. The lowest BCUT2D eigenvalue weighted by molar-refractivity contribution is -0.134. The van der Waals surface area contributed by atoms with Crippen LogP contribution in [0.1, 0.15) is 60.8 Å². The number of aliphatic hydroxyl groups excluding tert-OH is 2. The summed E-state index contributed by atoms with van der Waals surface area (Å²) in [5, 5.41) is 32.4. The van der Waals surface area contributed by atoms with Gasteiger partial charge in [0.1, 0.15) is 11.3 Å². The van der Waals surface area contributed by atoms with Crippen LogP contribution in [0.5, 0.6) is 0 Å². The topological polar surface area (TPSA) is 94.8 Å². The minimum atomic E-state index is -2.16. The van der Waals surface area contributed by atoms with Gasteiger partial charge in [0, 0.05) is 5.92 Å². The van der Waals surface area contributed by atoms with E-state index in [1.54, 1.807) is 19.1 Å². The van der Waals surface area contributed by atoms with Gasteiger partial charge in [0.2, 0.25) is 0 Å². The molecule has 1 rings (SSSR count). The van der Waals surface area contributed by atoms with Crippen molar-refractivity contribution < 1.29 is 24.9 Å². The van der Waals surface area contributed by atoms with Gasteiger partial charge in [0.15, 0.2) is 17.2 Å². The fourth-order valence-electron chi connectivity index (χ4n) is 3.08. The second-order valence-electron chi connectivity index (χ2n) is 7.69. The lowest BCUT2D eigenvalue weighted by Crippen LogP contribution is -2.49. The first-order valence-electron chi connectivity index (χ1n) is 9.17. The molecule has 0 saturated heterocycles. The monoisotopic (exact) mass is 364 g/mol. The van der Waals surface area contributed by atoms with Gasteiger partial charge in [-0.3, -0.25) is 9.59 Å². The molecule has 3 unspecified atom stereocenters. The van der Waals surface area contributed by atoms with Crippen molar-refractivity contribution in [3.05, 3.63) is 34.6 Å². The fraction of sp³-hybridized carbons (Fsp3) is 0.619. The van der Waals surface area contributed by atoms with Crippen molar-refractivity contribution in [2.45, 2.75) is 72.5 Å². The number of carbonyl (C=O) groups is 2. The second kappa shape index (κ2) is 8.78. The molecule has 146 valence electrons. The van der Waals surface area contributed by atoms with E-state index in [0.29, 0.717) is 6.42 Å². The molecule has 0 heterocycles. The highest BCUT2D eigenvalue weighted by Crippen LogP contribution is 2.43. The molecule has 0 fully saturated rings. The van der Waals surface area contributed by atoms with Crippen LogP contribution in [0.3, 0.4) is 0 Å². The van der Waals surface area contributed by atoms with Crippen LogP contribution in [0, 0.1) is 11.8 Å². The highest BCUT2D eigenvalue weighted by atomic mass is 16.4. The van der Waals surface area contributed by atoms with Crippen molar-refractivity contribution in [1.82, 2.24) is 0 Å². The molecule has 5 heteroatoms. The maximum absolute atomic E-state index is 12.9. The lowest BCUT2D eigenvalue weighted by Gasteiger charge is -2.33. The molecule has 0 aromatic carbocycles. The number of Topliss-reactive ketones (excluding diaryl/α,β-unsaturated/α-hetero) is 2. The van der Waals surface area contributed by atoms with Gasteiger partial charge in [-0.1, -0.05) is 37.1 Å². The zero-order valence-corrected chi connectivity index (χ0v) is 16.7. The third kappa shape index (κ3) is 4.33. The Kier molecular flexibility index (Phi) is 7.54. The van der Waals surface area contributed by atoms with E-state index in [9.17, 15) is 24.9 Å². The van der Waals surface area contributed by atoms with Gasteiger partial charge in [-0.25, -0.2) is 0 Å². The SMILES string of the molecule is CCC(C)C(=O)C1=C(O)[C@@](O)(C(O)CC=C(C)C)C(CC=C(C)C)C1=O. The molecule has 0 aromatic rings. The van der Waals surface area contributed by atoms with Gasteiger partial charge in [0.05, 0.1) is 12.0 Å². The molecule has 1 aliphatic rings. The van der Waals surface area contributed by atoms with Gasteiger partial charge in [-0.15, -0.1) is 0 Å². The van der Waals surface area contributed by atoms with E-state index in [1.165, 1.54) is 0 Å². The third-order valence-corrected chi connectivity index (χ3v) is 5.04. The van der Waals surface area contributed by atoms with Gasteiger partial charge in [0.25, 0.3) is 0 Å². The van der Waals surface area contributed by atoms with Gasteiger partial charge in [-0.05, 0) is 47.0 Å². The Morgan fingerprint density at radius 3 is 2.19 bits per heavy atom. The largest absolute Gasteiger partial charge is 0.508 e. The van der Waals surface area contributed by atoms with Crippen LogP contribution in [0.4, 0.5) is 0 Å². The van der Waals surface area contributed by atoms with E-state index < -0.39 is 40.9 Å². The molecule has 1 aliphatic carbocycles. The number of allylic oxidation sites excluding steroid dienone is 4. The molecule has 3 N–H and O–H groups in total. The number of aliphatic hydroxyl groups is 3. The summed E-state index contributed by atoms with van der Waals surface area (Å²) in [7, 11) is 0. The lowest BCUT2D eigenvalue weighted by atomic mass is 9.80. The van der Waals surface area contributed by atoms with Crippen LogP contribution >= 0.6 is 0 Å². The number of rotatable bonds is 8. The molecule has 0 amide bonds. The minimum absolute atomic E-state index is 0.0757. The summed E-state index contributed by atoms with van der Waals surface area (Å²) < 4.78 is 0. The van der Waals surface area contributed by atoms with E-state index >= 15 is 0 Å². The molecule has 0 aliphatic heterocycles.